The molecule has 84 valence electrons. The normalized spacial score (nSPS) is 12.6. The van der Waals surface area contributed by atoms with Crippen molar-refractivity contribution in [2.45, 2.75) is 19.4 Å². The highest BCUT2D eigenvalue weighted by Crippen LogP contribution is 2.09. The van der Waals surface area contributed by atoms with Gasteiger partial charge < -0.3 is 10.3 Å². The third-order valence-corrected chi connectivity index (χ3v) is 2.61. The first kappa shape index (κ1) is 10.8. The van der Waals surface area contributed by atoms with Crippen LogP contribution in [0.3, 0.4) is 0 Å². The molecule has 2 aromatic rings. The molecule has 0 spiro atoms. The summed E-state index contributed by atoms with van der Waals surface area (Å²) in [6.07, 6.45) is 8.18. The van der Waals surface area contributed by atoms with E-state index in [4.69, 9.17) is 0 Å². The van der Waals surface area contributed by atoms with Gasteiger partial charge in [-0.2, -0.15) is 0 Å². The molecule has 0 fully saturated rings. The van der Waals surface area contributed by atoms with Crippen molar-refractivity contribution in [3.63, 3.8) is 0 Å². The van der Waals surface area contributed by atoms with E-state index in [1.54, 1.807) is 6.33 Å². The molecule has 0 amide bonds. The SMILES string of the molecule is CC(NCCc1cnc[nH]1)c1ccncc1. The first-order valence-electron chi connectivity index (χ1n) is 5.47. The first-order valence-corrected chi connectivity index (χ1v) is 5.47. The van der Waals surface area contributed by atoms with Crippen molar-refractivity contribution in [2.24, 2.45) is 0 Å². The highest BCUT2D eigenvalue weighted by atomic mass is 14.9. The van der Waals surface area contributed by atoms with Crippen molar-refractivity contribution < 1.29 is 0 Å². The van der Waals surface area contributed by atoms with E-state index in [-0.39, 0.29) is 0 Å². The minimum absolute atomic E-state index is 0.353. The Balaban J connectivity index is 1.78. The summed E-state index contributed by atoms with van der Waals surface area (Å²) in [5.41, 5.74) is 2.43. The van der Waals surface area contributed by atoms with Gasteiger partial charge >= 0.3 is 0 Å². The molecular formula is C12H16N4. The molecule has 2 aromatic heterocycles. The van der Waals surface area contributed by atoms with E-state index in [9.17, 15) is 0 Å². The standard InChI is InChI=1S/C12H16N4/c1-10(11-2-5-13-6-3-11)15-7-4-12-8-14-9-16-12/h2-3,5-6,8-10,15H,4,7H2,1H3,(H,14,16). The molecule has 2 heterocycles. The monoisotopic (exact) mass is 216 g/mol. The molecule has 2 N–H and O–H groups in total. The predicted octanol–water partition coefficient (Wildman–Crippen LogP) is 1.70. The number of nitrogens with zero attached hydrogens (tertiary/aromatic N) is 2. The van der Waals surface area contributed by atoms with E-state index in [2.05, 4.69) is 27.2 Å². The molecule has 0 bridgehead atoms. The van der Waals surface area contributed by atoms with Gasteiger partial charge in [-0.25, -0.2) is 4.98 Å². The Morgan fingerprint density at radius 3 is 2.81 bits per heavy atom. The lowest BCUT2D eigenvalue weighted by molar-refractivity contribution is 0.574. The Labute approximate surface area is 95.1 Å². The molecule has 4 heteroatoms. The van der Waals surface area contributed by atoms with Crippen LogP contribution in [0, 0.1) is 0 Å². The van der Waals surface area contributed by atoms with Crippen molar-refractivity contribution in [1.29, 1.82) is 0 Å². The smallest absolute Gasteiger partial charge is 0.0921 e. The minimum Gasteiger partial charge on any atom is -0.348 e. The van der Waals surface area contributed by atoms with Gasteiger partial charge in [0.15, 0.2) is 0 Å². The topological polar surface area (TPSA) is 53.6 Å². The van der Waals surface area contributed by atoms with Gasteiger partial charge in [0, 0.05) is 43.3 Å². The number of aromatic amines is 1. The lowest BCUT2D eigenvalue weighted by Crippen LogP contribution is -2.21. The van der Waals surface area contributed by atoms with Crippen molar-refractivity contribution >= 4 is 0 Å². The molecule has 1 atom stereocenters. The number of hydrogen-bond acceptors (Lipinski definition) is 3. The third kappa shape index (κ3) is 2.90. The molecule has 0 saturated heterocycles. The molecule has 0 radical (unpaired) electrons. The molecule has 0 saturated carbocycles. The van der Waals surface area contributed by atoms with Crippen LogP contribution in [0.5, 0.6) is 0 Å². The lowest BCUT2D eigenvalue weighted by Gasteiger charge is -2.13. The highest BCUT2D eigenvalue weighted by Gasteiger charge is 2.03. The Kier molecular flexibility index (Phi) is 3.66. The summed E-state index contributed by atoms with van der Waals surface area (Å²) in [5, 5.41) is 3.46. The maximum atomic E-state index is 4.01. The van der Waals surface area contributed by atoms with Crippen LogP contribution in [0.2, 0.25) is 0 Å². The number of rotatable bonds is 5. The summed E-state index contributed by atoms with van der Waals surface area (Å²) in [7, 11) is 0. The fourth-order valence-corrected chi connectivity index (χ4v) is 1.61. The number of imidazole rings is 1. The van der Waals surface area contributed by atoms with E-state index in [1.165, 1.54) is 5.56 Å². The average Bonchev–Trinajstić information content (AvgIpc) is 2.83. The Morgan fingerprint density at radius 1 is 1.31 bits per heavy atom. The van der Waals surface area contributed by atoms with Crippen molar-refractivity contribution in [3.05, 3.63) is 48.3 Å². The number of aromatic nitrogens is 3. The zero-order valence-electron chi connectivity index (χ0n) is 9.35. The molecular weight excluding hydrogens is 200 g/mol. The number of hydrogen-bond donors (Lipinski definition) is 2. The zero-order chi connectivity index (χ0) is 11.2. The highest BCUT2D eigenvalue weighted by molar-refractivity contribution is 5.13. The summed E-state index contributed by atoms with van der Waals surface area (Å²) in [4.78, 5) is 11.1. The van der Waals surface area contributed by atoms with Gasteiger partial charge in [-0.05, 0) is 24.6 Å². The van der Waals surface area contributed by atoms with Crippen LogP contribution in [0.4, 0.5) is 0 Å². The molecule has 16 heavy (non-hydrogen) atoms. The van der Waals surface area contributed by atoms with Gasteiger partial charge in [0.2, 0.25) is 0 Å². The van der Waals surface area contributed by atoms with Crippen LogP contribution >= 0.6 is 0 Å². The van der Waals surface area contributed by atoms with E-state index in [0.29, 0.717) is 6.04 Å². The van der Waals surface area contributed by atoms with Crippen LogP contribution in [-0.4, -0.2) is 21.5 Å². The Hall–Kier alpha value is -1.68. The average molecular weight is 216 g/mol. The van der Waals surface area contributed by atoms with Gasteiger partial charge in [-0.1, -0.05) is 0 Å². The van der Waals surface area contributed by atoms with Gasteiger partial charge in [-0.3, -0.25) is 4.98 Å². The number of pyridine rings is 1. The molecule has 4 nitrogen and oxygen atoms in total. The molecule has 1 unspecified atom stereocenters. The fourth-order valence-electron chi connectivity index (χ4n) is 1.61. The number of H-pyrrole nitrogens is 1. The van der Waals surface area contributed by atoms with Gasteiger partial charge in [0.1, 0.15) is 0 Å². The van der Waals surface area contributed by atoms with Crippen LogP contribution < -0.4 is 5.32 Å². The first-order chi connectivity index (χ1) is 7.86. The van der Waals surface area contributed by atoms with Crippen molar-refractivity contribution in [2.75, 3.05) is 6.54 Å². The van der Waals surface area contributed by atoms with Crippen LogP contribution in [0.25, 0.3) is 0 Å². The van der Waals surface area contributed by atoms with Gasteiger partial charge in [0.25, 0.3) is 0 Å². The fraction of sp³-hybridized carbons (Fsp3) is 0.333. The van der Waals surface area contributed by atoms with Gasteiger partial charge in [-0.15, -0.1) is 0 Å². The van der Waals surface area contributed by atoms with E-state index in [1.807, 2.05) is 30.7 Å². The molecule has 0 aromatic carbocycles. The third-order valence-electron chi connectivity index (χ3n) is 2.61. The van der Waals surface area contributed by atoms with E-state index in [0.717, 1.165) is 18.7 Å². The van der Waals surface area contributed by atoms with E-state index < -0.39 is 0 Å². The van der Waals surface area contributed by atoms with Crippen LogP contribution in [-0.2, 0) is 6.42 Å². The molecule has 0 aliphatic heterocycles. The lowest BCUT2D eigenvalue weighted by atomic mass is 10.1. The van der Waals surface area contributed by atoms with E-state index >= 15 is 0 Å². The summed E-state index contributed by atoms with van der Waals surface area (Å²) < 4.78 is 0. The predicted molar refractivity (Wildman–Crippen MR) is 62.9 cm³/mol. The van der Waals surface area contributed by atoms with Crippen LogP contribution in [0.15, 0.2) is 37.1 Å². The quantitative estimate of drug-likeness (QED) is 0.799. The Bertz CT molecular complexity index is 396. The molecule has 2 rings (SSSR count). The maximum absolute atomic E-state index is 4.01. The summed E-state index contributed by atoms with van der Waals surface area (Å²) in [6.45, 7) is 3.09. The largest absolute Gasteiger partial charge is 0.348 e. The molecule has 0 aliphatic carbocycles. The second-order valence-corrected chi connectivity index (χ2v) is 3.78. The second kappa shape index (κ2) is 5.42. The zero-order valence-corrected chi connectivity index (χ0v) is 9.35. The minimum atomic E-state index is 0.353. The van der Waals surface area contributed by atoms with Crippen molar-refractivity contribution in [1.82, 2.24) is 20.3 Å². The van der Waals surface area contributed by atoms with Gasteiger partial charge in [0.05, 0.1) is 6.33 Å². The summed E-state index contributed by atoms with van der Waals surface area (Å²) in [5.74, 6) is 0. The number of nitrogens with one attached hydrogen (secondary N) is 2. The Morgan fingerprint density at radius 2 is 2.12 bits per heavy atom. The second-order valence-electron chi connectivity index (χ2n) is 3.78. The summed E-state index contributed by atoms with van der Waals surface area (Å²) >= 11 is 0. The van der Waals surface area contributed by atoms with Crippen LogP contribution in [0.1, 0.15) is 24.2 Å². The van der Waals surface area contributed by atoms with Crippen molar-refractivity contribution in [3.8, 4) is 0 Å². The summed E-state index contributed by atoms with van der Waals surface area (Å²) in [6, 6.07) is 4.42. The maximum Gasteiger partial charge on any atom is 0.0921 e. The molecule has 0 aliphatic rings.